The van der Waals surface area contributed by atoms with Gasteiger partial charge in [0.05, 0.1) is 58.7 Å². The van der Waals surface area contributed by atoms with Crippen molar-refractivity contribution in [1.29, 1.82) is 0 Å². The highest BCUT2D eigenvalue weighted by atomic mass is 32.1. The highest BCUT2D eigenvalue weighted by Crippen LogP contribution is 2.20. The van der Waals surface area contributed by atoms with Gasteiger partial charge in [-0.15, -0.1) is 0 Å². The Balaban J connectivity index is 1.24. The summed E-state index contributed by atoms with van der Waals surface area (Å²) in [6.45, 7) is 3.16. The van der Waals surface area contributed by atoms with E-state index in [0.717, 1.165) is 11.1 Å². The van der Waals surface area contributed by atoms with Crippen molar-refractivity contribution in [3.05, 3.63) is 89.5 Å². The van der Waals surface area contributed by atoms with Crippen LogP contribution in [-0.4, -0.2) is 338 Å². The van der Waals surface area contributed by atoms with Crippen LogP contribution in [0.2, 0.25) is 0 Å². The highest BCUT2D eigenvalue weighted by molar-refractivity contribution is 7.80. The maximum atomic E-state index is 14.3. The van der Waals surface area contributed by atoms with E-state index < -0.39 is 96.1 Å². The molecule has 22 N–H and O–H groups in total. The fraction of sp³-hybridized carbons (Fsp3) is 0.515. The first-order valence-corrected chi connectivity index (χ1v) is 36.3. The van der Waals surface area contributed by atoms with Gasteiger partial charge in [0.1, 0.15) is 12.1 Å². The van der Waals surface area contributed by atoms with E-state index in [-0.39, 0.29) is 152 Å². The first kappa shape index (κ1) is 89.5. The van der Waals surface area contributed by atoms with Crippen LogP contribution in [0.4, 0.5) is 21.9 Å². The minimum absolute atomic E-state index is 0.0211. The number of aliphatic carboxylic acids is 6. The number of nitrogens with two attached hydrogens (primary N) is 4. The molecule has 2 aliphatic rings. The Morgan fingerprint density at radius 2 is 0.761 bits per heavy atom. The number of hydrogen-bond donors (Lipinski definition) is 18. The van der Waals surface area contributed by atoms with E-state index in [0.29, 0.717) is 87.6 Å². The molecular weight excluding hydrogens is 1480 g/mol. The van der Waals surface area contributed by atoms with E-state index in [1.807, 2.05) is 61.3 Å². The Kier molecular flexibility index (Phi) is 38.6. The normalized spacial score (nSPS) is 16.7. The van der Waals surface area contributed by atoms with Gasteiger partial charge in [-0.05, 0) is 122 Å². The standard InChI is InChI=1S/C68H100N20O18S3/c69-54(89)37-81-21-22-82(38-55(70)90)27-29-87(40-57(72)92)50(35-84(25-23-81)39-56(71)91)31-44-4-10-47(11-5-44)77-67(108)74-17-19-86(58(93)33-46-8-14-49(15-9-46)76-66(107)73-16-2-1-3-52(63(102)103)79-65(106)80-53(64(104)105)34-59(94)95)20-18-75-68(109)78-48-12-6-45(7-13-48)32-51-36-85(42-61(98)99)26-24-83(41-60(96)97)28-30-88(51)43-62(100)101/h4-15,50-53H,1-3,16-43H2,(H2,69,89)(H2,70,90)(H2,71,91)(H2,72,92)(H,94,95)(H,96,97)(H,98,99)(H,100,101)(H,102,103)(H,104,105)(H2,73,76,107)(H2,74,77,108)(H2,75,78,109)(H2,79,80,106). The number of carbonyl (C=O) groups excluding carboxylic acids is 6. The number of unbranched alkanes of at least 4 members (excludes halogenated alkanes) is 1. The molecule has 38 nitrogen and oxygen atoms in total. The summed E-state index contributed by atoms with van der Waals surface area (Å²) in [5.41, 5.74) is 26.9. The molecule has 0 spiro atoms. The van der Waals surface area contributed by atoms with Gasteiger partial charge in [-0.3, -0.25) is 77.5 Å². The molecule has 2 fully saturated rings. The molecule has 0 aliphatic carbocycles. The summed E-state index contributed by atoms with van der Waals surface area (Å²) in [4.78, 5) is 160. The number of nitrogens with zero attached hydrogens (tertiary/aromatic N) is 8. The lowest BCUT2D eigenvalue weighted by Crippen LogP contribution is -2.54. The molecule has 598 valence electrons. The van der Waals surface area contributed by atoms with Crippen molar-refractivity contribution in [2.45, 2.75) is 69.1 Å². The number of benzene rings is 3. The number of amides is 7. The van der Waals surface area contributed by atoms with Crippen LogP contribution in [0, 0.1) is 0 Å². The number of carbonyl (C=O) groups is 12. The zero-order chi connectivity index (χ0) is 80.1. The van der Waals surface area contributed by atoms with E-state index in [1.165, 1.54) is 0 Å². The molecule has 2 aliphatic heterocycles. The van der Waals surface area contributed by atoms with Crippen molar-refractivity contribution in [2.75, 3.05) is 173 Å². The number of hydrogen-bond acceptors (Lipinski definition) is 22. The maximum Gasteiger partial charge on any atom is 0.326 e. The summed E-state index contributed by atoms with van der Waals surface area (Å²) in [5, 5.41) is 80.5. The van der Waals surface area contributed by atoms with Crippen molar-refractivity contribution >= 4 is 140 Å². The Labute approximate surface area is 645 Å². The van der Waals surface area contributed by atoms with Gasteiger partial charge in [-0.2, -0.15) is 0 Å². The molecule has 2 heterocycles. The number of carboxylic acids is 6. The van der Waals surface area contributed by atoms with Crippen molar-refractivity contribution in [1.82, 2.24) is 65.8 Å². The molecule has 41 heteroatoms. The molecule has 109 heavy (non-hydrogen) atoms. The molecule has 7 amide bonds. The van der Waals surface area contributed by atoms with Crippen LogP contribution >= 0.6 is 36.7 Å². The van der Waals surface area contributed by atoms with Crippen LogP contribution in [-0.2, 0) is 72.0 Å². The fourth-order valence-corrected chi connectivity index (χ4v) is 12.9. The lowest BCUT2D eigenvalue weighted by molar-refractivity contribution is -0.145. The quantitative estimate of drug-likeness (QED) is 0.0193. The third-order valence-electron chi connectivity index (χ3n) is 17.5. The van der Waals surface area contributed by atoms with E-state index in [4.69, 9.17) is 64.7 Å². The van der Waals surface area contributed by atoms with E-state index in [9.17, 15) is 83.1 Å². The van der Waals surface area contributed by atoms with Crippen molar-refractivity contribution in [3.8, 4) is 0 Å². The Morgan fingerprint density at radius 3 is 1.17 bits per heavy atom. The van der Waals surface area contributed by atoms with Crippen LogP contribution in [0.15, 0.2) is 72.8 Å². The van der Waals surface area contributed by atoms with Crippen LogP contribution in [0.5, 0.6) is 0 Å². The van der Waals surface area contributed by atoms with Gasteiger partial charge in [0.25, 0.3) is 0 Å². The summed E-state index contributed by atoms with van der Waals surface area (Å²) in [7, 11) is 0. The first-order chi connectivity index (χ1) is 51.7. The Hall–Kier alpha value is -10.1. The molecule has 4 atom stereocenters. The van der Waals surface area contributed by atoms with Crippen LogP contribution in [0.25, 0.3) is 0 Å². The molecule has 3 aromatic rings. The fourth-order valence-electron chi connectivity index (χ4n) is 12.2. The van der Waals surface area contributed by atoms with Crippen LogP contribution in [0.3, 0.4) is 0 Å². The zero-order valence-electron chi connectivity index (χ0n) is 60.4. The summed E-state index contributed by atoms with van der Waals surface area (Å²) in [6, 6.07) is 16.4. The van der Waals surface area contributed by atoms with E-state index in [2.05, 4.69) is 37.2 Å². The lowest BCUT2D eigenvalue weighted by Gasteiger charge is -2.38. The predicted octanol–water partition coefficient (Wildman–Crippen LogP) is -3.67. The van der Waals surface area contributed by atoms with E-state index in [1.54, 1.807) is 56.0 Å². The molecule has 3 aromatic carbocycles. The van der Waals surface area contributed by atoms with Crippen molar-refractivity contribution in [2.24, 2.45) is 22.9 Å². The van der Waals surface area contributed by atoms with Crippen LogP contribution in [0.1, 0.15) is 42.4 Å². The second-order valence-corrected chi connectivity index (χ2v) is 27.5. The van der Waals surface area contributed by atoms with Gasteiger partial charge in [0, 0.05) is 140 Å². The summed E-state index contributed by atoms with van der Waals surface area (Å²) < 4.78 is 0. The number of urea groups is 1. The van der Waals surface area contributed by atoms with Gasteiger partial charge in [0.15, 0.2) is 15.3 Å². The first-order valence-electron chi connectivity index (χ1n) is 35.1. The molecule has 0 radical (unpaired) electrons. The smallest absolute Gasteiger partial charge is 0.326 e. The number of carboxylic acid groups (broad SMARTS) is 6. The average Bonchev–Trinajstić information content (AvgIpc) is 1.49. The monoisotopic (exact) mass is 1580 g/mol. The number of thiocarbonyl (C=S) groups is 3. The molecule has 0 bridgehead atoms. The largest absolute Gasteiger partial charge is 0.481 e. The van der Waals surface area contributed by atoms with Gasteiger partial charge in [-0.1, -0.05) is 36.4 Å². The molecule has 5 rings (SSSR count). The molecule has 0 aromatic heterocycles. The third kappa shape index (κ3) is 36.6. The molecule has 4 unspecified atom stereocenters. The molecular formula is C68H100N20O18S3. The number of rotatable bonds is 40. The van der Waals surface area contributed by atoms with Gasteiger partial charge in [-0.25, -0.2) is 14.4 Å². The second-order valence-electron chi connectivity index (χ2n) is 26.3. The van der Waals surface area contributed by atoms with Crippen molar-refractivity contribution < 1.29 is 88.2 Å². The minimum atomic E-state index is -1.77. The predicted molar refractivity (Wildman–Crippen MR) is 413 cm³/mol. The number of primary amides is 4. The second kappa shape index (κ2) is 47.0. The topological polar surface area (TPSA) is 552 Å². The number of nitrogens with one attached hydrogen (secondary N) is 8. The Bertz CT molecular complexity index is 3610. The number of anilines is 3. The SMILES string of the molecule is NC(=O)CN1CCN(CC(N)=O)CCN(CC(N)=O)C(Cc2ccc(NC(=S)NCCN(CCNC(=S)Nc3ccc(CC4CN(CC(=O)O)CCN(CC(=O)O)CCN4CC(=O)O)cc3)C(=O)Cc3ccc(NC(=S)NCCCCC(NC(=O)NC(CC(=O)O)C(=O)O)C(=O)O)cc3)cc2)CN(CC(N)=O)CC1. The summed E-state index contributed by atoms with van der Waals surface area (Å²) >= 11 is 16.9. The van der Waals surface area contributed by atoms with Crippen LogP contribution < -0.4 is 65.5 Å². The summed E-state index contributed by atoms with van der Waals surface area (Å²) in [6.07, 6.45) is 0.442. The van der Waals surface area contributed by atoms with E-state index >= 15 is 0 Å². The zero-order valence-corrected chi connectivity index (χ0v) is 62.8. The maximum absolute atomic E-state index is 14.3. The lowest BCUT2D eigenvalue weighted by atomic mass is 10.0. The van der Waals surface area contributed by atoms with Gasteiger partial charge < -0.3 is 101 Å². The minimum Gasteiger partial charge on any atom is -0.481 e. The third-order valence-corrected chi connectivity index (χ3v) is 18.3. The van der Waals surface area contributed by atoms with Gasteiger partial charge in [0.2, 0.25) is 29.5 Å². The Morgan fingerprint density at radius 1 is 0.413 bits per heavy atom. The van der Waals surface area contributed by atoms with Crippen molar-refractivity contribution in [3.63, 3.8) is 0 Å². The highest BCUT2D eigenvalue weighted by Gasteiger charge is 2.31. The molecule has 0 saturated carbocycles. The van der Waals surface area contributed by atoms with Gasteiger partial charge >= 0.3 is 41.8 Å². The average molecular weight is 1580 g/mol. The summed E-state index contributed by atoms with van der Waals surface area (Å²) in [5.74, 6) is -10.2. The molecule has 2 saturated heterocycles.